The highest BCUT2D eigenvalue weighted by atomic mass is 19.1. The number of halogens is 1. The third-order valence-electron chi connectivity index (χ3n) is 5.71. The molecule has 0 aliphatic carbocycles. The predicted molar refractivity (Wildman–Crippen MR) is 127 cm³/mol. The van der Waals surface area contributed by atoms with Crippen LogP contribution in [0.2, 0.25) is 0 Å². The predicted octanol–water partition coefficient (Wildman–Crippen LogP) is 3.44. The van der Waals surface area contributed by atoms with E-state index in [4.69, 9.17) is 9.73 Å². The molecule has 3 N–H and O–H groups in total. The lowest BCUT2D eigenvalue weighted by atomic mass is 10.1. The zero-order valence-corrected chi connectivity index (χ0v) is 18.7. The van der Waals surface area contributed by atoms with Gasteiger partial charge >= 0.3 is 0 Å². The van der Waals surface area contributed by atoms with Crippen molar-refractivity contribution in [1.29, 1.82) is 0 Å². The maximum absolute atomic E-state index is 13.4. The molecule has 1 aliphatic heterocycles. The van der Waals surface area contributed by atoms with E-state index in [1.807, 2.05) is 12.3 Å². The molecule has 2 heterocycles. The minimum atomic E-state index is -0.222. The van der Waals surface area contributed by atoms with Crippen LogP contribution in [0.1, 0.15) is 23.6 Å². The molecule has 0 spiro atoms. The molecule has 1 aliphatic rings. The lowest BCUT2D eigenvalue weighted by Gasteiger charge is -2.26. The molecule has 0 bridgehead atoms. The number of hydrogen-bond acceptors (Lipinski definition) is 3. The van der Waals surface area contributed by atoms with Gasteiger partial charge in [0.15, 0.2) is 5.96 Å². The zero-order valence-electron chi connectivity index (χ0n) is 18.7. The summed E-state index contributed by atoms with van der Waals surface area (Å²) in [5.74, 6) is 0.579. The quantitative estimate of drug-likeness (QED) is 0.373. The fourth-order valence-electron chi connectivity index (χ4n) is 3.96. The normalized spacial score (nSPS) is 15.2. The van der Waals surface area contributed by atoms with E-state index >= 15 is 0 Å². The van der Waals surface area contributed by atoms with Gasteiger partial charge in [-0.15, -0.1) is 0 Å². The van der Waals surface area contributed by atoms with Crippen LogP contribution in [0, 0.1) is 5.82 Å². The molecule has 4 rings (SSSR count). The Morgan fingerprint density at radius 3 is 2.66 bits per heavy atom. The minimum absolute atomic E-state index is 0.222. The summed E-state index contributed by atoms with van der Waals surface area (Å²) in [5, 5.41) is 7.77. The van der Waals surface area contributed by atoms with E-state index in [0.717, 1.165) is 69.2 Å². The van der Waals surface area contributed by atoms with Gasteiger partial charge in [-0.05, 0) is 48.2 Å². The van der Waals surface area contributed by atoms with Crippen LogP contribution in [-0.4, -0.2) is 55.2 Å². The Morgan fingerprint density at radius 1 is 1.09 bits per heavy atom. The van der Waals surface area contributed by atoms with E-state index in [-0.39, 0.29) is 5.82 Å². The standard InChI is InChI=1S/C25H32FN5O/c1-2-27-25(28-10-9-21-17-29-24-15-22(26)7-8-23(21)24)30-16-19-3-5-20(6-4-19)18-31-11-13-32-14-12-31/h3-8,15,17,29H,2,9-14,16,18H2,1H3,(H2,27,28,30). The van der Waals surface area contributed by atoms with E-state index in [1.54, 1.807) is 0 Å². The van der Waals surface area contributed by atoms with Crippen LogP contribution in [0.25, 0.3) is 10.9 Å². The molecule has 0 saturated carbocycles. The third-order valence-corrected chi connectivity index (χ3v) is 5.71. The Bertz CT molecular complexity index is 1020. The molecule has 1 aromatic heterocycles. The number of aliphatic imine (C=N–C) groups is 1. The van der Waals surface area contributed by atoms with Crippen molar-refractivity contribution >= 4 is 16.9 Å². The number of benzene rings is 2. The number of aromatic amines is 1. The highest BCUT2D eigenvalue weighted by molar-refractivity contribution is 5.83. The lowest BCUT2D eigenvalue weighted by Crippen LogP contribution is -2.38. The summed E-state index contributed by atoms with van der Waals surface area (Å²) in [6.07, 6.45) is 2.78. The van der Waals surface area contributed by atoms with E-state index in [9.17, 15) is 4.39 Å². The smallest absolute Gasteiger partial charge is 0.191 e. The topological polar surface area (TPSA) is 64.7 Å². The van der Waals surface area contributed by atoms with Crippen molar-refractivity contribution in [3.05, 3.63) is 71.2 Å². The summed E-state index contributed by atoms with van der Waals surface area (Å²) >= 11 is 0. The second kappa shape index (κ2) is 11.1. The number of nitrogens with one attached hydrogen (secondary N) is 3. The van der Waals surface area contributed by atoms with Crippen molar-refractivity contribution in [2.75, 3.05) is 39.4 Å². The molecular formula is C25H32FN5O. The molecule has 32 heavy (non-hydrogen) atoms. The summed E-state index contributed by atoms with van der Waals surface area (Å²) in [4.78, 5) is 10.3. The second-order valence-electron chi connectivity index (χ2n) is 8.08. The average molecular weight is 438 g/mol. The number of morpholine rings is 1. The van der Waals surface area contributed by atoms with Crippen LogP contribution in [-0.2, 0) is 24.2 Å². The maximum Gasteiger partial charge on any atom is 0.191 e. The first-order valence-electron chi connectivity index (χ1n) is 11.4. The summed E-state index contributed by atoms with van der Waals surface area (Å²) in [7, 11) is 0. The molecule has 170 valence electrons. The van der Waals surface area contributed by atoms with Gasteiger partial charge in [0.25, 0.3) is 0 Å². The van der Waals surface area contributed by atoms with Crippen molar-refractivity contribution < 1.29 is 9.13 Å². The summed E-state index contributed by atoms with van der Waals surface area (Å²) in [6, 6.07) is 13.6. The van der Waals surface area contributed by atoms with E-state index < -0.39 is 0 Å². The van der Waals surface area contributed by atoms with Gasteiger partial charge in [0.2, 0.25) is 0 Å². The number of hydrogen-bond donors (Lipinski definition) is 3. The van der Waals surface area contributed by atoms with Gasteiger partial charge in [-0.3, -0.25) is 4.90 Å². The van der Waals surface area contributed by atoms with Crippen LogP contribution in [0.4, 0.5) is 4.39 Å². The molecule has 1 saturated heterocycles. The highest BCUT2D eigenvalue weighted by Crippen LogP contribution is 2.19. The van der Waals surface area contributed by atoms with Crippen molar-refractivity contribution in [2.45, 2.75) is 26.4 Å². The Hall–Kier alpha value is -2.90. The summed E-state index contributed by atoms with van der Waals surface area (Å²) in [6.45, 7) is 8.85. The Kier molecular flexibility index (Phi) is 7.74. The van der Waals surface area contributed by atoms with Gasteiger partial charge in [0, 0.05) is 49.8 Å². The van der Waals surface area contributed by atoms with Gasteiger partial charge in [-0.25, -0.2) is 9.38 Å². The SMILES string of the molecule is CCNC(=NCc1ccc(CN2CCOCC2)cc1)NCCc1c[nH]c2cc(F)ccc12. The number of fused-ring (bicyclic) bond motifs is 1. The molecule has 0 atom stereocenters. The average Bonchev–Trinajstić information content (AvgIpc) is 3.21. The van der Waals surface area contributed by atoms with Crippen molar-refractivity contribution in [3.8, 4) is 0 Å². The second-order valence-corrected chi connectivity index (χ2v) is 8.08. The zero-order chi connectivity index (χ0) is 22.2. The van der Waals surface area contributed by atoms with Crippen LogP contribution in [0.15, 0.2) is 53.7 Å². The monoisotopic (exact) mass is 437 g/mol. The first-order chi connectivity index (χ1) is 15.7. The molecular weight excluding hydrogens is 405 g/mol. The van der Waals surface area contributed by atoms with Gasteiger partial charge in [0.05, 0.1) is 19.8 Å². The summed E-state index contributed by atoms with van der Waals surface area (Å²) < 4.78 is 18.8. The van der Waals surface area contributed by atoms with Gasteiger partial charge in [-0.1, -0.05) is 24.3 Å². The first kappa shape index (κ1) is 22.3. The van der Waals surface area contributed by atoms with Crippen molar-refractivity contribution in [3.63, 3.8) is 0 Å². The van der Waals surface area contributed by atoms with E-state index in [2.05, 4.69) is 51.7 Å². The number of nitrogens with zero attached hydrogens (tertiary/aromatic N) is 2. The number of guanidine groups is 1. The van der Waals surface area contributed by atoms with Crippen molar-refractivity contribution in [2.24, 2.45) is 4.99 Å². The Morgan fingerprint density at radius 2 is 1.88 bits per heavy atom. The van der Waals surface area contributed by atoms with E-state index in [1.165, 1.54) is 28.8 Å². The molecule has 7 heteroatoms. The maximum atomic E-state index is 13.4. The lowest BCUT2D eigenvalue weighted by molar-refractivity contribution is 0.0342. The molecule has 1 fully saturated rings. The third kappa shape index (κ3) is 6.08. The molecule has 3 aromatic rings. The molecule has 0 unspecified atom stereocenters. The van der Waals surface area contributed by atoms with Gasteiger partial charge < -0.3 is 20.4 Å². The van der Waals surface area contributed by atoms with Crippen LogP contribution >= 0.6 is 0 Å². The Balaban J connectivity index is 1.29. The van der Waals surface area contributed by atoms with Crippen molar-refractivity contribution in [1.82, 2.24) is 20.5 Å². The number of H-pyrrole nitrogens is 1. The molecule has 0 amide bonds. The molecule has 2 aromatic carbocycles. The van der Waals surface area contributed by atoms with Gasteiger partial charge in [-0.2, -0.15) is 0 Å². The number of aromatic nitrogens is 1. The largest absolute Gasteiger partial charge is 0.379 e. The first-order valence-corrected chi connectivity index (χ1v) is 11.4. The van der Waals surface area contributed by atoms with Gasteiger partial charge in [0.1, 0.15) is 5.82 Å². The Labute approximate surface area is 188 Å². The fraction of sp³-hybridized carbons (Fsp3) is 0.400. The number of rotatable bonds is 8. The minimum Gasteiger partial charge on any atom is -0.379 e. The molecule has 0 radical (unpaired) electrons. The van der Waals surface area contributed by atoms with Crippen LogP contribution in [0.3, 0.4) is 0 Å². The highest BCUT2D eigenvalue weighted by Gasteiger charge is 2.10. The van der Waals surface area contributed by atoms with Crippen LogP contribution < -0.4 is 10.6 Å². The van der Waals surface area contributed by atoms with E-state index in [0.29, 0.717) is 6.54 Å². The summed E-state index contributed by atoms with van der Waals surface area (Å²) in [5.41, 5.74) is 4.51. The molecule has 6 nitrogen and oxygen atoms in total. The number of ether oxygens (including phenoxy) is 1. The fourth-order valence-corrected chi connectivity index (χ4v) is 3.96. The van der Waals surface area contributed by atoms with Crippen LogP contribution in [0.5, 0.6) is 0 Å².